The van der Waals surface area contributed by atoms with E-state index < -0.39 is 0 Å². The van der Waals surface area contributed by atoms with E-state index in [-0.39, 0.29) is 5.91 Å². The van der Waals surface area contributed by atoms with Gasteiger partial charge in [0.15, 0.2) is 0 Å². The highest BCUT2D eigenvalue weighted by Crippen LogP contribution is 2.24. The lowest BCUT2D eigenvalue weighted by atomic mass is 10.0. The molecule has 2 aromatic carbocycles. The summed E-state index contributed by atoms with van der Waals surface area (Å²) in [6.45, 7) is 5.27. The Balaban J connectivity index is 1.29. The zero-order chi connectivity index (χ0) is 20.8. The maximum atomic E-state index is 12.5. The van der Waals surface area contributed by atoms with E-state index in [0.717, 1.165) is 35.5 Å². The van der Waals surface area contributed by atoms with Gasteiger partial charge in [-0.1, -0.05) is 48.9 Å². The van der Waals surface area contributed by atoms with E-state index in [4.69, 9.17) is 0 Å². The molecule has 1 unspecified atom stereocenters. The van der Waals surface area contributed by atoms with E-state index in [1.165, 1.54) is 25.8 Å². The van der Waals surface area contributed by atoms with Crippen LogP contribution in [0.3, 0.4) is 0 Å². The summed E-state index contributed by atoms with van der Waals surface area (Å²) in [5.74, 6) is -0.0113. The Kier molecular flexibility index (Phi) is 6.60. The molecule has 1 amide bonds. The number of hydrogen-bond donors (Lipinski definition) is 2. The molecule has 1 aliphatic rings. The number of nitrogens with one attached hydrogen (secondary N) is 2. The van der Waals surface area contributed by atoms with Gasteiger partial charge in [0.2, 0.25) is 0 Å². The maximum Gasteiger partial charge on any atom is 0.251 e. The third kappa shape index (κ3) is 4.97. The van der Waals surface area contributed by atoms with Crippen LogP contribution in [0.1, 0.15) is 43.0 Å². The number of aromatic nitrogens is 2. The summed E-state index contributed by atoms with van der Waals surface area (Å²) in [6.07, 6.45) is 4.93. The van der Waals surface area contributed by atoms with Crippen molar-refractivity contribution in [2.24, 2.45) is 0 Å². The van der Waals surface area contributed by atoms with Crippen LogP contribution >= 0.6 is 0 Å². The summed E-state index contributed by atoms with van der Waals surface area (Å²) in [5.41, 5.74) is 4.63. The second kappa shape index (κ2) is 9.72. The van der Waals surface area contributed by atoms with Gasteiger partial charge in [0.1, 0.15) is 0 Å². The fourth-order valence-corrected chi connectivity index (χ4v) is 4.10. The molecule has 3 aromatic rings. The largest absolute Gasteiger partial charge is 0.352 e. The molecule has 5 heteroatoms. The number of amides is 1. The first-order valence-corrected chi connectivity index (χ1v) is 10.9. The quantitative estimate of drug-likeness (QED) is 0.561. The lowest BCUT2D eigenvalue weighted by Crippen LogP contribution is -2.39. The van der Waals surface area contributed by atoms with Crippen LogP contribution in [-0.4, -0.2) is 46.7 Å². The van der Waals surface area contributed by atoms with Crippen LogP contribution in [0.25, 0.3) is 22.5 Å². The van der Waals surface area contributed by atoms with Gasteiger partial charge in [0.25, 0.3) is 5.91 Å². The third-order valence-electron chi connectivity index (χ3n) is 5.95. The summed E-state index contributed by atoms with van der Waals surface area (Å²) in [6, 6.07) is 20.5. The van der Waals surface area contributed by atoms with Crippen molar-refractivity contribution in [1.82, 2.24) is 20.4 Å². The number of carbonyl (C=O) groups is 1. The first kappa shape index (κ1) is 20.4. The fourth-order valence-electron chi connectivity index (χ4n) is 4.10. The number of aromatic amines is 1. The summed E-state index contributed by atoms with van der Waals surface area (Å²) < 4.78 is 0. The molecule has 30 heavy (non-hydrogen) atoms. The van der Waals surface area contributed by atoms with E-state index in [1.54, 1.807) is 0 Å². The molecule has 1 atom stereocenters. The highest BCUT2D eigenvalue weighted by Gasteiger charge is 2.17. The van der Waals surface area contributed by atoms with E-state index >= 15 is 0 Å². The van der Waals surface area contributed by atoms with Gasteiger partial charge in [-0.3, -0.25) is 9.89 Å². The molecule has 0 spiro atoms. The topological polar surface area (TPSA) is 61.0 Å². The first-order valence-electron chi connectivity index (χ1n) is 10.9. The molecule has 0 radical (unpaired) electrons. The summed E-state index contributed by atoms with van der Waals surface area (Å²) >= 11 is 0. The van der Waals surface area contributed by atoms with Crippen LogP contribution in [0.15, 0.2) is 60.7 Å². The third-order valence-corrected chi connectivity index (χ3v) is 5.95. The number of rotatable bonds is 7. The lowest BCUT2D eigenvalue weighted by molar-refractivity contribution is 0.0949. The number of benzene rings is 2. The van der Waals surface area contributed by atoms with Crippen molar-refractivity contribution >= 4 is 5.91 Å². The molecule has 2 heterocycles. The zero-order valence-corrected chi connectivity index (χ0v) is 17.6. The second-order valence-electron chi connectivity index (χ2n) is 8.10. The van der Waals surface area contributed by atoms with Crippen molar-refractivity contribution in [2.45, 2.75) is 38.6 Å². The van der Waals surface area contributed by atoms with Crippen molar-refractivity contribution in [3.63, 3.8) is 0 Å². The number of piperidine rings is 1. The van der Waals surface area contributed by atoms with Crippen molar-refractivity contribution < 1.29 is 4.79 Å². The Morgan fingerprint density at radius 2 is 1.90 bits per heavy atom. The smallest absolute Gasteiger partial charge is 0.251 e. The Labute approximate surface area is 178 Å². The SMILES string of the molecule is CC1CCCCN1CCCNC(=O)c1ccc(-c2cc(-c3ccccc3)n[nH]2)cc1. The molecule has 1 saturated heterocycles. The minimum Gasteiger partial charge on any atom is -0.352 e. The second-order valence-corrected chi connectivity index (χ2v) is 8.10. The van der Waals surface area contributed by atoms with Crippen LogP contribution in [0.5, 0.6) is 0 Å². The molecular formula is C25H30N4O. The van der Waals surface area contributed by atoms with Gasteiger partial charge in [-0.05, 0) is 56.5 Å². The lowest BCUT2D eigenvalue weighted by Gasteiger charge is -2.33. The van der Waals surface area contributed by atoms with Gasteiger partial charge in [-0.2, -0.15) is 5.10 Å². The Bertz CT molecular complexity index is 949. The number of likely N-dealkylation sites (tertiary alicyclic amines) is 1. The van der Waals surface area contributed by atoms with Crippen LogP contribution in [-0.2, 0) is 0 Å². The van der Waals surface area contributed by atoms with E-state index in [1.807, 2.05) is 60.7 Å². The van der Waals surface area contributed by atoms with Crippen LogP contribution in [0.2, 0.25) is 0 Å². The highest BCUT2D eigenvalue weighted by molar-refractivity contribution is 5.94. The number of hydrogen-bond acceptors (Lipinski definition) is 3. The van der Waals surface area contributed by atoms with Crippen molar-refractivity contribution in [2.75, 3.05) is 19.6 Å². The zero-order valence-electron chi connectivity index (χ0n) is 17.6. The Hall–Kier alpha value is -2.92. The number of carbonyl (C=O) groups excluding carboxylic acids is 1. The van der Waals surface area contributed by atoms with E-state index in [9.17, 15) is 4.79 Å². The van der Waals surface area contributed by atoms with Crippen molar-refractivity contribution in [3.8, 4) is 22.5 Å². The van der Waals surface area contributed by atoms with Gasteiger partial charge in [-0.15, -0.1) is 0 Å². The van der Waals surface area contributed by atoms with Gasteiger partial charge < -0.3 is 10.2 Å². The molecule has 0 saturated carbocycles. The molecule has 4 rings (SSSR count). The predicted molar refractivity (Wildman–Crippen MR) is 121 cm³/mol. The van der Waals surface area contributed by atoms with E-state index in [0.29, 0.717) is 18.2 Å². The minimum absolute atomic E-state index is 0.0113. The monoisotopic (exact) mass is 402 g/mol. The molecule has 1 fully saturated rings. The van der Waals surface area contributed by atoms with Gasteiger partial charge >= 0.3 is 0 Å². The first-order chi connectivity index (χ1) is 14.7. The Morgan fingerprint density at radius 1 is 1.10 bits per heavy atom. The molecule has 0 aliphatic carbocycles. The normalized spacial score (nSPS) is 17.0. The molecule has 156 valence electrons. The average molecular weight is 403 g/mol. The summed E-state index contributed by atoms with van der Waals surface area (Å²) in [4.78, 5) is 15.0. The number of H-pyrrole nitrogens is 1. The predicted octanol–water partition coefficient (Wildman–Crippen LogP) is 4.74. The average Bonchev–Trinajstić information content (AvgIpc) is 3.29. The maximum absolute atomic E-state index is 12.5. The standard InChI is InChI=1S/C25H30N4O/c1-19-8-5-6-16-29(19)17-7-15-26-25(30)22-13-11-21(12-14-22)24-18-23(27-28-24)20-9-3-2-4-10-20/h2-4,9-14,18-19H,5-8,15-17H2,1H3,(H,26,30)(H,27,28). The van der Waals surface area contributed by atoms with E-state index in [2.05, 4.69) is 27.3 Å². The van der Waals surface area contributed by atoms with Crippen LogP contribution < -0.4 is 5.32 Å². The summed E-state index contributed by atoms with van der Waals surface area (Å²) in [7, 11) is 0. The molecule has 1 aromatic heterocycles. The molecular weight excluding hydrogens is 372 g/mol. The van der Waals surface area contributed by atoms with Gasteiger partial charge in [0.05, 0.1) is 11.4 Å². The fraction of sp³-hybridized carbons (Fsp3) is 0.360. The Morgan fingerprint density at radius 3 is 2.67 bits per heavy atom. The van der Waals surface area contributed by atoms with Crippen LogP contribution in [0, 0.1) is 0 Å². The van der Waals surface area contributed by atoms with Crippen LogP contribution in [0.4, 0.5) is 0 Å². The molecule has 0 bridgehead atoms. The van der Waals surface area contributed by atoms with Gasteiger partial charge in [-0.25, -0.2) is 0 Å². The van der Waals surface area contributed by atoms with Gasteiger partial charge in [0, 0.05) is 30.3 Å². The summed E-state index contributed by atoms with van der Waals surface area (Å²) in [5, 5.41) is 10.5. The van der Waals surface area contributed by atoms with Crippen molar-refractivity contribution in [3.05, 3.63) is 66.2 Å². The molecule has 5 nitrogen and oxygen atoms in total. The van der Waals surface area contributed by atoms with Crippen molar-refractivity contribution in [1.29, 1.82) is 0 Å². The number of nitrogens with zero attached hydrogens (tertiary/aromatic N) is 2. The minimum atomic E-state index is -0.0113. The molecule has 2 N–H and O–H groups in total. The molecule has 1 aliphatic heterocycles. The highest BCUT2D eigenvalue weighted by atomic mass is 16.1.